The van der Waals surface area contributed by atoms with Crippen LogP contribution in [0, 0.1) is 10.6 Å². The lowest BCUT2D eigenvalue weighted by Crippen LogP contribution is -2.11. The van der Waals surface area contributed by atoms with Crippen molar-refractivity contribution < 1.29 is 0 Å². The molecule has 0 aromatic carbocycles. The quantitative estimate of drug-likeness (QED) is 0.673. The Morgan fingerprint density at radius 3 is 2.89 bits per heavy atom. The summed E-state index contributed by atoms with van der Waals surface area (Å²) < 4.78 is 0.810. The van der Waals surface area contributed by atoms with Gasteiger partial charge in [-0.15, -0.1) is 0 Å². The van der Waals surface area contributed by atoms with E-state index in [4.69, 9.17) is 0 Å². The highest BCUT2D eigenvalue weighted by Crippen LogP contribution is 1.95. The van der Waals surface area contributed by atoms with Gasteiger partial charge < -0.3 is 0 Å². The molecule has 1 N–H and O–H groups in total. The van der Waals surface area contributed by atoms with Crippen LogP contribution in [0.25, 0.3) is 0 Å². The molecule has 0 saturated carbocycles. The summed E-state index contributed by atoms with van der Waals surface area (Å²) >= 11 is 2.04. The fraction of sp³-hybridized carbons (Fsp3) is 0.200. The Morgan fingerprint density at radius 2 is 2.44 bits per heavy atom. The summed E-state index contributed by atoms with van der Waals surface area (Å²) in [5.74, 6) is 0. The van der Waals surface area contributed by atoms with Crippen molar-refractivity contribution >= 4 is 22.6 Å². The van der Waals surface area contributed by atoms with Gasteiger partial charge in [0.2, 0.25) is 0 Å². The summed E-state index contributed by atoms with van der Waals surface area (Å²) in [6.45, 7) is 1.75. The van der Waals surface area contributed by atoms with Gasteiger partial charge in [-0.25, -0.2) is 5.10 Å². The maximum absolute atomic E-state index is 10.6. The highest BCUT2D eigenvalue weighted by atomic mass is 127. The number of hydrogen-bond donors (Lipinski definition) is 1. The van der Waals surface area contributed by atoms with E-state index in [1.165, 1.54) is 0 Å². The zero-order valence-electron chi connectivity index (χ0n) is 4.81. The average molecular weight is 236 g/mol. The molecule has 0 unspecified atom stereocenters. The van der Waals surface area contributed by atoms with Crippen molar-refractivity contribution in [2.24, 2.45) is 0 Å². The molecule has 4 heteroatoms. The summed E-state index contributed by atoms with van der Waals surface area (Å²) in [6.07, 6.45) is 0. The van der Waals surface area contributed by atoms with Crippen molar-refractivity contribution in [1.29, 1.82) is 0 Å². The smallest absolute Gasteiger partial charge is 0.267 e. The fourth-order valence-corrected chi connectivity index (χ4v) is 1.06. The van der Waals surface area contributed by atoms with E-state index in [2.05, 4.69) is 10.2 Å². The maximum atomic E-state index is 10.6. The Labute approximate surface area is 65.6 Å². The molecular formula is C5H5IN2O. The van der Waals surface area contributed by atoms with Gasteiger partial charge >= 0.3 is 0 Å². The number of rotatable bonds is 0. The van der Waals surface area contributed by atoms with Crippen molar-refractivity contribution in [3.8, 4) is 0 Å². The molecule has 0 bridgehead atoms. The SMILES string of the molecule is Cc1cc(I)n[nH]c1=O. The summed E-state index contributed by atoms with van der Waals surface area (Å²) in [5.41, 5.74) is 0.588. The number of aromatic amines is 1. The lowest BCUT2D eigenvalue weighted by molar-refractivity contribution is 0.945. The van der Waals surface area contributed by atoms with Crippen LogP contribution in [-0.4, -0.2) is 10.2 Å². The van der Waals surface area contributed by atoms with Gasteiger partial charge in [0.15, 0.2) is 0 Å². The van der Waals surface area contributed by atoms with E-state index in [-0.39, 0.29) is 5.56 Å². The number of hydrogen-bond acceptors (Lipinski definition) is 2. The summed E-state index contributed by atoms with van der Waals surface area (Å²) in [5, 5.41) is 6.04. The van der Waals surface area contributed by atoms with Crippen LogP contribution in [0.4, 0.5) is 0 Å². The van der Waals surface area contributed by atoms with Crippen molar-refractivity contribution in [2.45, 2.75) is 6.92 Å². The highest BCUT2D eigenvalue weighted by Gasteiger charge is 1.91. The number of halogens is 1. The van der Waals surface area contributed by atoms with Crippen LogP contribution in [-0.2, 0) is 0 Å². The molecule has 1 heterocycles. The molecule has 1 rings (SSSR count). The molecule has 0 spiro atoms. The molecule has 0 radical (unpaired) electrons. The Hall–Kier alpha value is -0.390. The van der Waals surface area contributed by atoms with Crippen molar-refractivity contribution in [3.63, 3.8) is 0 Å². The topological polar surface area (TPSA) is 45.8 Å². The molecule has 0 amide bonds. The van der Waals surface area contributed by atoms with E-state index in [0.717, 1.165) is 3.70 Å². The van der Waals surface area contributed by atoms with E-state index in [9.17, 15) is 4.79 Å². The van der Waals surface area contributed by atoms with E-state index in [0.29, 0.717) is 5.56 Å². The first-order valence-electron chi connectivity index (χ1n) is 2.42. The third kappa shape index (κ3) is 1.51. The summed E-state index contributed by atoms with van der Waals surface area (Å²) in [6, 6.07) is 1.74. The van der Waals surface area contributed by atoms with Gasteiger partial charge in [0.05, 0.1) is 0 Å². The standard InChI is InChI=1S/C5H5IN2O/c1-3-2-4(6)7-8-5(3)9/h2H,1H3,(H,8,9). The van der Waals surface area contributed by atoms with Crippen LogP contribution < -0.4 is 5.56 Å². The highest BCUT2D eigenvalue weighted by molar-refractivity contribution is 14.1. The normalized spacial score (nSPS) is 9.56. The minimum Gasteiger partial charge on any atom is -0.268 e. The molecule has 1 aromatic rings. The zero-order valence-corrected chi connectivity index (χ0v) is 6.97. The Bertz CT molecular complexity index is 268. The Morgan fingerprint density at radius 1 is 1.78 bits per heavy atom. The van der Waals surface area contributed by atoms with Gasteiger partial charge in [0, 0.05) is 5.56 Å². The van der Waals surface area contributed by atoms with Crippen LogP contribution in [0.3, 0.4) is 0 Å². The minimum atomic E-state index is -0.115. The third-order valence-electron chi connectivity index (χ3n) is 0.958. The number of H-pyrrole nitrogens is 1. The van der Waals surface area contributed by atoms with Gasteiger partial charge in [0.1, 0.15) is 3.70 Å². The molecule has 0 fully saturated rings. The lowest BCUT2D eigenvalue weighted by Gasteiger charge is -1.88. The van der Waals surface area contributed by atoms with E-state index in [1.807, 2.05) is 22.6 Å². The van der Waals surface area contributed by atoms with Crippen LogP contribution in [0.2, 0.25) is 0 Å². The lowest BCUT2D eigenvalue weighted by atomic mass is 10.4. The van der Waals surface area contributed by atoms with Crippen molar-refractivity contribution in [1.82, 2.24) is 10.2 Å². The van der Waals surface area contributed by atoms with Gasteiger partial charge in [-0.2, -0.15) is 5.10 Å². The first-order chi connectivity index (χ1) is 4.20. The molecule has 0 aliphatic carbocycles. The second-order valence-corrected chi connectivity index (χ2v) is 2.81. The van der Waals surface area contributed by atoms with Crippen LogP contribution in [0.15, 0.2) is 10.9 Å². The van der Waals surface area contributed by atoms with Gasteiger partial charge in [-0.05, 0) is 35.6 Å². The van der Waals surface area contributed by atoms with Gasteiger partial charge in [0.25, 0.3) is 5.56 Å². The van der Waals surface area contributed by atoms with Crippen molar-refractivity contribution in [2.75, 3.05) is 0 Å². The Kier molecular flexibility index (Phi) is 1.84. The largest absolute Gasteiger partial charge is 0.268 e. The Balaban J connectivity index is 3.34. The first-order valence-corrected chi connectivity index (χ1v) is 3.50. The van der Waals surface area contributed by atoms with Crippen LogP contribution in [0.5, 0.6) is 0 Å². The molecule has 0 aliphatic heterocycles. The second kappa shape index (κ2) is 2.47. The molecule has 3 nitrogen and oxygen atoms in total. The molecule has 0 aliphatic rings. The third-order valence-corrected chi connectivity index (χ3v) is 1.51. The zero-order chi connectivity index (χ0) is 6.85. The van der Waals surface area contributed by atoms with E-state index < -0.39 is 0 Å². The first kappa shape index (κ1) is 6.73. The predicted molar refractivity (Wildman–Crippen MR) is 42.3 cm³/mol. The molecule has 1 aromatic heterocycles. The molecule has 0 atom stereocenters. The molecule has 48 valence electrons. The van der Waals surface area contributed by atoms with Crippen LogP contribution >= 0.6 is 22.6 Å². The summed E-state index contributed by atoms with van der Waals surface area (Å²) in [7, 11) is 0. The van der Waals surface area contributed by atoms with E-state index in [1.54, 1.807) is 13.0 Å². The molecule has 0 saturated heterocycles. The predicted octanol–water partition coefficient (Wildman–Crippen LogP) is 0.683. The fourth-order valence-electron chi connectivity index (χ4n) is 0.469. The summed E-state index contributed by atoms with van der Waals surface area (Å²) in [4.78, 5) is 10.6. The second-order valence-electron chi connectivity index (χ2n) is 1.70. The minimum absolute atomic E-state index is 0.115. The van der Waals surface area contributed by atoms with Gasteiger partial charge in [-0.3, -0.25) is 4.79 Å². The monoisotopic (exact) mass is 236 g/mol. The number of nitrogens with zero attached hydrogens (tertiary/aromatic N) is 1. The number of nitrogens with one attached hydrogen (secondary N) is 1. The molecular weight excluding hydrogens is 231 g/mol. The molecule has 9 heavy (non-hydrogen) atoms. The number of aryl methyl sites for hydroxylation is 1. The average Bonchev–Trinajstić information content (AvgIpc) is 1.80. The van der Waals surface area contributed by atoms with Crippen molar-refractivity contribution in [3.05, 3.63) is 25.7 Å². The van der Waals surface area contributed by atoms with Gasteiger partial charge in [-0.1, -0.05) is 0 Å². The van der Waals surface area contributed by atoms with Crippen LogP contribution in [0.1, 0.15) is 5.56 Å². The van der Waals surface area contributed by atoms with E-state index >= 15 is 0 Å². The maximum Gasteiger partial charge on any atom is 0.267 e. The number of aromatic nitrogens is 2.